The molecule has 1 N–H and O–H groups in total. The van der Waals surface area contributed by atoms with Crippen LogP contribution >= 0.6 is 0 Å². The van der Waals surface area contributed by atoms with Crippen molar-refractivity contribution in [1.82, 2.24) is 10.2 Å². The normalized spacial score (nSPS) is 25.9. The van der Waals surface area contributed by atoms with Crippen LogP contribution in [0.5, 0.6) is 0 Å². The zero-order valence-corrected chi connectivity index (χ0v) is 10.2. The summed E-state index contributed by atoms with van der Waals surface area (Å²) in [5, 5.41) is 3.61. The Morgan fingerprint density at radius 3 is 2.57 bits per heavy atom. The van der Waals surface area contributed by atoms with Gasteiger partial charge >= 0.3 is 0 Å². The number of rotatable bonds is 5. The third-order valence-electron chi connectivity index (χ3n) is 3.41. The standard InChI is InChI=1S/C12H26N2/c1-5-11(4)13-8-12-6-7-14(9-12)10(2)3/h10-13H,5-9H2,1-4H3. The van der Waals surface area contributed by atoms with E-state index in [0.717, 1.165) is 12.0 Å². The zero-order chi connectivity index (χ0) is 10.6. The number of hydrogen-bond donors (Lipinski definition) is 1. The molecular weight excluding hydrogens is 172 g/mol. The summed E-state index contributed by atoms with van der Waals surface area (Å²) in [5.74, 6) is 0.881. The lowest BCUT2D eigenvalue weighted by molar-refractivity contribution is 0.263. The second-order valence-electron chi connectivity index (χ2n) is 4.96. The van der Waals surface area contributed by atoms with Crippen LogP contribution in [-0.4, -0.2) is 36.6 Å². The first-order chi connectivity index (χ1) is 6.63. The van der Waals surface area contributed by atoms with Crippen molar-refractivity contribution in [2.45, 2.75) is 52.6 Å². The van der Waals surface area contributed by atoms with Crippen molar-refractivity contribution in [3.8, 4) is 0 Å². The highest BCUT2D eigenvalue weighted by atomic mass is 15.2. The molecule has 14 heavy (non-hydrogen) atoms. The molecule has 0 aromatic rings. The van der Waals surface area contributed by atoms with Crippen molar-refractivity contribution in [3.63, 3.8) is 0 Å². The van der Waals surface area contributed by atoms with E-state index in [1.54, 1.807) is 0 Å². The summed E-state index contributed by atoms with van der Waals surface area (Å²) in [4.78, 5) is 2.59. The molecule has 1 heterocycles. The molecular formula is C12H26N2. The van der Waals surface area contributed by atoms with Crippen molar-refractivity contribution < 1.29 is 0 Å². The minimum Gasteiger partial charge on any atom is -0.314 e. The maximum absolute atomic E-state index is 3.61. The Morgan fingerprint density at radius 2 is 2.07 bits per heavy atom. The second kappa shape index (κ2) is 5.72. The number of likely N-dealkylation sites (tertiary alicyclic amines) is 1. The predicted octanol–water partition coefficient (Wildman–Crippen LogP) is 2.10. The molecule has 0 amide bonds. The second-order valence-corrected chi connectivity index (χ2v) is 4.96. The molecule has 0 aromatic heterocycles. The summed E-state index contributed by atoms with van der Waals surface area (Å²) in [7, 11) is 0. The Labute approximate surface area is 89.1 Å². The van der Waals surface area contributed by atoms with E-state index >= 15 is 0 Å². The molecule has 1 saturated heterocycles. The molecule has 0 radical (unpaired) electrons. The Kier molecular flexibility index (Phi) is 4.90. The average Bonchev–Trinajstić information content (AvgIpc) is 2.62. The van der Waals surface area contributed by atoms with Gasteiger partial charge < -0.3 is 10.2 Å². The van der Waals surface area contributed by atoms with Gasteiger partial charge in [-0.25, -0.2) is 0 Å². The minimum absolute atomic E-state index is 0.683. The van der Waals surface area contributed by atoms with Gasteiger partial charge in [0.15, 0.2) is 0 Å². The zero-order valence-electron chi connectivity index (χ0n) is 10.2. The van der Waals surface area contributed by atoms with Gasteiger partial charge in [0.2, 0.25) is 0 Å². The van der Waals surface area contributed by atoms with Crippen LogP contribution in [0, 0.1) is 5.92 Å². The van der Waals surface area contributed by atoms with Crippen LogP contribution in [0.15, 0.2) is 0 Å². The highest BCUT2D eigenvalue weighted by Crippen LogP contribution is 2.17. The fourth-order valence-electron chi connectivity index (χ4n) is 2.01. The lowest BCUT2D eigenvalue weighted by atomic mass is 10.1. The average molecular weight is 198 g/mol. The van der Waals surface area contributed by atoms with Crippen LogP contribution < -0.4 is 5.32 Å². The Bertz CT molecular complexity index is 156. The van der Waals surface area contributed by atoms with E-state index in [1.807, 2.05) is 0 Å². The van der Waals surface area contributed by atoms with Gasteiger partial charge in [-0.1, -0.05) is 6.92 Å². The molecule has 2 unspecified atom stereocenters. The Morgan fingerprint density at radius 1 is 1.36 bits per heavy atom. The van der Waals surface area contributed by atoms with Crippen molar-refractivity contribution in [1.29, 1.82) is 0 Å². The Hall–Kier alpha value is -0.0800. The molecule has 0 spiro atoms. The number of nitrogens with one attached hydrogen (secondary N) is 1. The maximum atomic E-state index is 3.61. The van der Waals surface area contributed by atoms with E-state index in [9.17, 15) is 0 Å². The van der Waals surface area contributed by atoms with Crippen LogP contribution in [0.3, 0.4) is 0 Å². The van der Waals surface area contributed by atoms with Crippen LogP contribution in [-0.2, 0) is 0 Å². The van der Waals surface area contributed by atoms with Crippen molar-refractivity contribution in [3.05, 3.63) is 0 Å². The fraction of sp³-hybridized carbons (Fsp3) is 1.00. The summed E-state index contributed by atoms with van der Waals surface area (Å²) >= 11 is 0. The minimum atomic E-state index is 0.683. The van der Waals surface area contributed by atoms with Gasteiger partial charge in [0.25, 0.3) is 0 Å². The third-order valence-corrected chi connectivity index (χ3v) is 3.41. The first kappa shape index (κ1) is 12.0. The van der Waals surface area contributed by atoms with Crippen molar-refractivity contribution >= 4 is 0 Å². The van der Waals surface area contributed by atoms with Crippen molar-refractivity contribution in [2.75, 3.05) is 19.6 Å². The largest absolute Gasteiger partial charge is 0.314 e. The summed E-state index contributed by atoms with van der Waals surface area (Å²) in [5.41, 5.74) is 0. The number of hydrogen-bond acceptors (Lipinski definition) is 2. The lowest BCUT2D eigenvalue weighted by Crippen LogP contribution is -2.33. The van der Waals surface area contributed by atoms with Gasteiger partial charge in [-0.2, -0.15) is 0 Å². The quantitative estimate of drug-likeness (QED) is 0.728. The van der Waals surface area contributed by atoms with Crippen molar-refractivity contribution in [2.24, 2.45) is 5.92 Å². The van der Waals surface area contributed by atoms with Gasteiger partial charge in [-0.05, 0) is 52.6 Å². The SMILES string of the molecule is CCC(C)NCC1CCN(C(C)C)C1. The van der Waals surface area contributed by atoms with Crippen LogP contribution in [0.2, 0.25) is 0 Å². The Balaban J connectivity index is 2.16. The summed E-state index contributed by atoms with van der Waals surface area (Å²) in [6.07, 6.45) is 2.61. The maximum Gasteiger partial charge on any atom is 0.00387 e. The van der Waals surface area contributed by atoms with Gasteiger partial charge in [-0.15, -0.1) is 0 Å². The van der Waals surface area contributed by atoms with E-state index in [0.29, 0.717) is 6.04 Å². The van der Waals surface area contributed by atoms with Crippen LogP contribution in [0.1, 0.15) is 40.5 Å². The molecule has 2 nitrogen and oxygen atoms in total. The molecule has 0 aromatic carbocycles. The molecule has 0 bridgehead atoms. The summed E-state index contributed by atoms with van der Waals surface area (Å²) in [6.45, 7) is 12.9. The fourth-order valence-corrected chi connectivity index (χ4v) is 2.01. The lowest BCUT2D eigenvalue weighted by Gasteiger charge is -2.21. The number of nitrogens with zero attached hydrogens (tertiary/aromatic N) is 1. The summed E-state index contributed by atoms with van der Waals surface area (Å²) in [6, 6.07) is 1.41. The predicted molar refractivity (Wildman–Crippen MR) is 62.6 cm³/mol. The molecule has 1 fully saturated rings. The monoisotopic (exact) mass is 198 g/mol. The highest BCUT2D eigenvalue weighted by Gasteiger charge is 2.23. The van der Waals surface area contributed by atoms with Gasteiger partial charge in [0.05, 0.1) is 0 Å². The molecule has 1 aliphatic rings. The van der Waals surface area contributed by atoms with Gasteiger partial charge in [0.1, 0.15) is 0 Å². The van der Waals surface area contributed by atoms with E-state index in [4.69, 9.17) is 0 Å². The van der Waals surface area contributed by atoms with Crippen LogP contribution in [0.25, 0.3) is 0 Å². The molecule has 2 atom stereocenters. The topological polar surface area (TPSA) is 15.3 Å². The molecule has 2 heteroatoms. The highest BCUT2D eigenvalue weighted by molar-refractivity contribution is 4.79. The molecule has 1 aliphatic heterocycles. The molecule has 0 aliphatic carbocycles. The van der Waals surface area contributed by atoms with E-state index in [2.05, 4.69) is 37.9 Å². The summed E-state index contributed by atoms with van der Waals surface area (Å²) < 4.78 is 0. The first-order valence-electron chi connectivity index (χ1n) is 6.11. The van der Waals surface area contributed by atoms with E-state index in [1.165, 1.54) is 32.5 Å². The van der Waals surface area contributed by atoms with Gasteiger partial charge in [0, 0.05) is 18.6 Å². The van der Waals surface area contributed by atoms with Gasteiger partial charge in [-0.3, -0.25) is 0 Å². The molecule has 0 saturated carbocycles. The molecule has 1 rings (SSSR count). The third kappa shape index (κ3) is 3.58. The van der Waals surface area contributed by atoms with Crippen LogP contribution in [0.4, 0.5) is 0 Å². The first-order valence-corrected chi connectivity index (χ1v) is 6.11. The van der Waals surface area contributed by atoms with E-state index < -0.39 is 0 Å². The molecule has 84 valence electrons. The smallest absolute Gasteiger partial charge is 0.00387 e. The van der Waals surface area contributed by atoms with E-state index in [-0.39, 0.29) is 0 Å².